The number of nitrogens with zero attached hydrogens (tertiary/aromatic N) is 6. The number of nitrogens with one attached hydrogen (secondary N) is 1. The lowest BCUT2D eigenvalue weighted by Crippen LogP contribution is -2.47. The third kappa shape index (κ3) is 4.00. The first-order valence-corrected chi connectivity index (χ1v) is 8.44. The Labute approximate surface area is 141 Å². The molecule has 0 saturated carbocycles. The maximum atomic E-state index is 12.2. The summed E-state index contributed by atoms with van der Waals surface area (Å²) in [6.07, 6.45) is 7.39. The van der Waals surface area contributed by atoms with Gasteiger partial charge in [-0.3, -0.25) is 9.48 Å². The van der Waals surface area contributed by atoms with Crippen molar-refractivity contribution in [3.63, 3.8) is 0 Å². The summed E-state index contributed by atoms with van der Waals surface area (Å²) in [6.45, 7) is 6.69. The van der Waals surface area contributed by atoms with Gasteiger partial charge in [-0.1, -0.05) is 5.21 Å². The van der Waals surface area contributed by atoms with Crippen molar-refractivity contribution in [1.82, 2.24) is 35.0 Å². The van der Waals surface area contributed by atoms with Crippen LogP contribution in [0, 0.1) is 0 Å². The van der Waals surface area contributed by atoms with E-state index in [0.717, 1.165) is 37.2 Å². The van der Waals surface area contributed by atoms with Crippen molar-refractivity contribution in [2.24, 2.45) is 7.05 Å². The summed E-state index contributed by atoms with van der Waals surface area (Å²) in [6, 6.07) is 0.830. The summed E-state index contributed by atoms with van der Waals surface area (Å²) in [5.74, 6) is -0.0133. The van der Waals surface area contributed by atoms with Crippen LogP contribution in [0.15, 0.2) is 18.6 Å². The molecular weight excluding hydrogens is 306 g/mol. The third-order valence-corrected chi connectivity index (χ3v) is 4.47. The molecule has 3 rings (SSSR count). The highest BCUT2D eigenvalue weighted by molar-refractivity contribution is 5.76. The van der Waals surface area contributed by atoms with Crippen LogP contribution in [0.1, 0.15) is 26.7 Å². The number of aromatic nitrogens is 5. The summed E-state index contributed by atoms with van der Waals surface area (Å²) >= 11 is 0. The van der Waals surface area contributed by atoms with Crippen molar-refractivity contribution in [1.29, 1.82) is 0 Å². The average Bonchev–Trinajstić information content (AvgIpc) is 3.16. The Hall–Kier alpha value is -2.22. The number of piperidine rings is 1. The van der Waals surface area contributed by atoms with Crippen molar-refractivity contribution >= 4 is 5.91 Å². The van der Waals surface area contributed by atoms with E-state index in [0.29, 0.717) is 6.04 Å². The minimum atomic E-state index is -0.0133. The zero-order chi connectivity index (χ0) is 17.1. The van der Waals surface area contributed by atoms with Gasteiger partial charge in [-0.2, -0.15) is 5.10 Å². The number of carbonyl (C=O) groups is 1. The van der Waals surface area contributed by atoms with E-state index in [4.69, 9.17) is 0 Å². The molecule has 8 heteroatoms. The lowest BCUT2D eigenvalue weighted by molar-refractivity contribution is -0.122. The maximum Gasteiger partial charge on any atom is 0.242 e. The maximum absolute atomic E-state index is 12.2. The summed E-state index contributed by atoms with van der Waals surface area (Å²) in [5, 5.41) is 15.4. The molecule has 130 valence electrons. The van der Waals surface area contributed by atoms with Gasteiger partial charge in [0.2, 0.25) is 5.91 Å². The molecule has 1 amide bonds. The SMILES string of the molecule is CC(C)N1CCC(NC(=O)Cn2cc(-c3cnn(C)c3)nn2)CC1. The number of rotatable bonds is 5. The van der Waals surface area contributed by atoms with Gasteiger partial charge in [0.1, 0.15) is 12.2 Å². The Morgan fingerprint density at radius 3 is 2.71 bits per heavy atom. The molecular formula is C16H25N7O. The van der Waals surface area contributed by atoms with Crippen LogP contribution in [0.2, 0.25) is 0 Å². The van der Waals surface area contributed by atoms with Gasteiger partial charge in [-0.25, -0.2) is 4.68 Å². The molecule has 2 aromatic rings. The summed E-state index contributed by atoms with van der Waals surface area (Å²) in [7, 11) is 1.85. The van der Waals surface area contributed by atoms with Gasteiger partial charge >= 0.3 is 0 Å². The average molecular weight is 331 g/mol. The van der Waals surface area contributed by atoms with E-state index in [-0.39, 0.29) is 18.5 Å². The Morgan fingerprint density at radius 1 is 1.33 bits per heavy atom. The van der Waals surface area contributed by atoms with Crippen LogP contribution in [0.5, 0.6) is 0 Å². The molecule has 0 atom stereocenters. The number of carbonyl (C=O) groups excluding carboxylic acids is 1. The minimum Gasteiger partial charge on any atom is -0.352 e. The van der Waals surface area contributed by atoms with Crippen LogP contribution in [0.25, 0.3) is 11.3 Å². The molecule has 1 aliphatic rings. The van der Waals surface area contributed by atoms with E-state index in [1.54, 1.807) is 21.8 Å². The van der Waals surface area contributed by atoms with Crippen LogP contribution in [0.3, 0.4) is 0 Å². The summed E-state index contributed by atoms with van der Waals surface area (Å²) in [5.41, 5.74) is 1.62. The van der Waals surface area contributed by atoms with Crippen LogP contribution < -0.4 is 5.32 Å². The van der Waals surface area contributed by atoms with E-state index in [1.165, 1.54) is 0 Å². The monoisotopic (exact) mass is 331 g/mol. The van der Waals surface area contributed by atoms with Crippen molar-refractivity contribution in [3.05, 3.63) is 18.6 Å². The fourth-order valence-corrected chi connectivity index (χ4v) is 3.04. The van der Waals surface area contributed by atoms with Crippen LogP contribution in [-0.2, 0) is 18.4 Å². The first kappa shape index (κ1) is 16.6. The van der Waals surface area contributed by atoms with Crippen molar-refractivity contribution < 1.29 is 4.79 Å². The second kappa shape index (κ2) is 7.12. The molecule has 0 aromatic carbocycles. The quantitative estimate of drug-likeness (QED) is 0.871. The second-order valence-electron chi connectivity index (χ2n) is 6.68. The van der Waals surface area contributed by atoms with Gasteiger partial charge in [0.15, 0.2) is 0 Å². The van der Waals surface area contributed by atoms with E-state index < -0.39 is 0 Å². The highest BCUT2D eigenvalue weighted by Crippen LogP contribution is 2.15. The molecule has 0 radical (unpaired) electrons. The van der Waals surface area contributed by atoms with Crippen molar-refractivity contribution in [2.75, 3.05) is 13.1 Å². The Morgan fingerprint density at radius 2 is 2.08 bits per heavy atom. The zero-order valence-corrected chi connectivity index (χ0v) is 14.5. The number of amides is 1. The zero-order valence-electron chi connectivity index (χ0n) is 14.5. The third-order valence-electron chi connectivity index (χ3n) is 4.47. The van der Waals surface area contributed by atoms with E-state index in [2.05, 4.69) is 39.5 Å². The molecule has 2 aromatic heterocycles. The number of aryl methyl sites for hydroxylation is 1. The summed E-state index contributed by atoms with van der Waals surface area (Å²) in [4.78, 5) is 14.7. The summed E-state index contributed by atoms with van der Waals surface area (Å²) < 4.78 is 3.28. The lowest BCUT2D eigenvalue weighted by atomic mass is 10.0. The topological polar surface area (TPSA) is 80.9 Å². The van der Waals surface area contributed by atoms with Gasteiger partial charge in [-0.15, -0.1) is 5.10 Å². The molecule has 1 aliphatic heterocycles. The Kier molecular flexibility index (Phi) is 4.94. The van der Waals surface area contributed by atoms with Gasteiger partial charge < -0.3 is 10.2 Å². The molecule has 0 unspecified atom stereocenters. The van der Waals surface area contributed by atoms with E-state index in [1.807, 2.05) is 13.2 Å². The van der Waals surface area contributed by atoms with Gasteiger partial charge in [-0.05, 0) is 26.7 Å². The first-order valence-electron chi connectivity index (χ1n) is 8.44. The van der Waals surface area contributed by atoms with E-state index >= 15 is 0 Å². The fourth-order valence-electron chi connectivity index (χ4n) is 3.04. The molecule has 3 heterocycles. The molecule has 0 aliphatic carbocycles. The fraction of sp³-hybridized carbons (Fsp3) is 0.625. The molecule has 24 heavy (non-hydrogen) atoms. The second-order valence-corrected chi connectivity index (χ2v) is 6.68. The van der Waals surface area contributed by atoms with Gasteiger partial charge in [0.05, 0.1) is 12.4 Å². The number of hydrogen-bond donors (Lipinski definition) is 1. The van der Waals surface area contributed by atoms with Gasteiger partial charge in [0, 0.05) is 44.0 Å². The lowest BCUT2D eigenvalue weighted by Gasteiger charge is -2.34. The minimum absolute atomic E-state index is 0.0133. The molecule has 1 N–H and O–H groups in total. The highest BCUT2D eigenvalue weighted by Gasteiger charge is 2.22. The normalized spacial score (nSPS) is 16.7. The van der Waals surface area contributed by atoms with Crippen LogP contribution in [0.4, 0.5) is 0 Å². The largest absolute Gasteiger partial charge is 0.352 e. The predicted molar refractivity (Wildman–Crippen MR) is 90.1 cm³/mol. The predicted octanol–water partition coefficient (Wildman–Crippen LogP) is 0.668. The van der Waals surface area contributed by atoms with Crippen LogP contribution in [-0.4, -0.2) is 60.8 Å². The molecule has 1 saturated heterocycles. The van der Waals surface area contributed by atoms with E-state index in [9.17, 15) is 4.79 Å². The smallest absolute Gasteiger partial charge is 0.242 e. The molecule has 0 spiro atoms. The number of hydrogen-bond acceptors (Lipinski definition) is 5. The molecule has 8 nitrogen and oxygen atoms in total. The standard InChI is InChI=1S/C16H25N7O/c1-12(2)22-6-4-14(5-7-22)18-16(24)11-23-10-15(19-20-23)13-8-17-21(3)9-13/h8-10,12,14H,4-7,11H2,1-3H3,(H,18,24). The first-order chi connectivity index (χ1) is 11.5. The Bertz CT molecular complexity index is 682. The van der Waals surface area contributed by atoms with Crippen molar-refractivity contribution in [3.8, 4) is 11.3 Å². The van der Waals surface area contributed by atoms with Crippen molar-refractivity contribution in [2.45, 2.75) is 45.3 Å². The highest BCUT2D eigenvalue weighted by atomic mass is 16.2. The van der Waals surface area contributed by atoms with Gasteiger partial charge in [0.25, 0.3) is 0 Å². The molecule has 0 bridgehead atoms. The molecule has 1 fully saturated rings. The Balaban J connectivity index is 1.50. The number of likely N-dealkylation sites (tertiary alicyclic amines) is 1. The van der Waals surface area contributed by atoms with Crippen LogP contribution >= 0.6 is 0 Å².